The molecule has 0 unspecified atom stereocenters. The quantitative estimate of drug-likeness (QED) is 0.714. The average molecular weight is 209 g/mol. The van der Waals surface area contributed by atoms with E-state index in [2.05, 4.69) is 17.1 Å². The van der Waals surface area contributed by atoms with Gasteiger partial charge in [-0.05, 0) is 30.9 Å². The summed E-state index contributed by atoms with van der Waals surface area (Å²) in [5.74, 6) is 2.05. The third-order valence-corrected chi connectivity index (χ3v) is 3.72. The second-order valence-electron chi connectivity index (χ2n) is 3.55. The third-order valence-electron chi connectivity index (χ3n) is 2.48. The molecule has 0 saturated carbocycles. The fourth-order valence-corrected chi connectivity index (χ4v) is 2.64. The van der Waals surface area contributed by atoms with E-state index in [4.69, 9.17) is 4.74 Å². The first kappa shape index (κ1) is 9.99. The number of hydrogen-bond donors (Lipinski definition) is 0. The van der Waals surface area contributed by atoms with Crippen LogP contribution in [0, 0.1) is 5.92 Å². The number of thioether (sulfide) groups is 1. The molecule has 0 spiro atoms. The lowest BCUT2D eigenvalue weighted by Gasteiger charge is -2.21. The molecule has 1 aromatic rings. The van der Waals surface area contributed by atoms with E-state index < -0.39 is 0 Å². The second-order valence-corrected chi connectivity index (χ2v) is 4.64. The zero-order valence-corrected chi connectivity index (χ0v) is 9.00. The number of pyridine rings is 1. The molecule has 14 heavy (non-hydrogen) atoms. The first-order valence-electron chi connectivity index (χ1n) is 5.06. The Morgan fingerprint density at radius 1 is 1.29 bits per heavy atom. The summed E-state index contributed by atoms with van der Waals surface area (Å²) in [6, 6.07) is 4.15. The Kier molecular flexibility index (Phi) is 3.83. The highest BCUT2D eigenvalue weighted by Crippen LogP contribution is 2.24. The molecule has 0 atom stereocenters. The minimum Gasteiger partial charge on any atom is -0.381 e. The molecular formula is C11H15NOS. The summed E-state index contributed by atoms with van der Waals surface area (Å²) >= 11 is 1.93. The Hall–Kier alpha value is -0.540. The van der Waals surface area contributed by atoms with E-state index >= 15 is 0 Å². The van der Waals surface area contributed by atoms with E-state index in [-0.39, 0.29) is 0 Å². The first-order chi connectivity index (χ1) is 6.95. The molecule has 3 heteroatoms. The van der Waals surface area contributed by atoms with Gasteiger partial charge in [0.05, 0.1) is 0 Å². The van der Waals surface area contributed by atoms with Crippen molar-refractivity contribution in [1.82, 2.24) is 4.98 Å². The van der Waals surface area contributed by atoms with Crippen molar-refractivity contribution in [2.45, 2.75) is 17.7 Å². The molecule has 0 bridgehead atoms. The molecule has 2 nitrogen and oxygen atoms in total. The van der Waals surface area contributed by atoms with Crippen LogP contribution >= 0.6 is 11.8 Å². The minimum absolute atomic E-state index is 0.835. The van der Waals surface area contributed by atoms with Crippen LogP contribution in [0.25, 0.3) is 0 Å². The van der Waals surface area contributed by atoms with Gasteiger partial charge < -0.3 is 4.74 Å². The monoisotopic (exact) mass is 209 g/mol. The maximum Gasteiger partial charge on any atom is 0.0468 e. The van der Waals surface area contributed by atoms with Crippen molar-refractivity contribution in [2.75, 3.05) is 19.0 Å². The number of nitrogens with zero attached hydrogens (tertiary/aromatic N) is 1. The van der Waals surface area contributed by atoms with Gasteiger partial charge in [-0.2, -0.15) is 0 Å². The lowest BCUT2D eigenvalue weighted by molar-refractivity contribution is 0.0728. The molecule has 0 aromatic carbocycles. The van der Waals surface area contributed by atoms with Crippen LogP contribution in [-0.4, -0.2) is 24.0 Å². The first-order valence-corrected chi connectivity index (χ1v) is 6.04. The van der Waals surface area contributed by atoms with E-state index in [0.29, 0.717) is 0 Å². The predicted octanol–water partition coefficient (Wildman–Crippen LogP) is 2.60. The molecule has 0 amide bonds. The molecular weight excluding hydrogens is 194 g/mol. The zero-order valence-electron chi connectivity index (χ0n) is 8.19. The summed E-state index contributed by atoms with van der Waals surface area (Å²) in [7, 11) is 0. The lowest BCUT2D eigenvalue weighted by Crippen LogP contribution is -2.17. The molecule has 0 radical (unpaired) electrons. The van der Waals surface area contributed by atoms with Crippen molar-refractivity contribution in [3.8, 4) is 0 Å². The Morgan fingerprint density at radius 2 is 2.00 bits per heavy atom. The molecule has 0 aliphatic carbocycles. The van der Waals surface area contributed by atoms with Gasteiger partial charge in [0.2, 0.25) is 0 Å². The van der Waals surface area contributed by atoms with E-state index in [1.807, 2.05) is 24.2 Å². The van der Waals surface area contributed by atoms with Crippen LogP contribution in [0.3, 0.4) is 0 Å². The van der Waals surface area contributed by atoms with Crippen molar-refractivity contribution in [2.24, 2.45) is 5.92 Å². The summed E-state index contributed by atoms with van der Waals surface area (Å²) in [5.41, 5.74) is 0. The van der Waals surface area contributed by atoms with Crippen molar-refractivity contribution >= 4 is 11.8 Å². The van der Waals surface area contributed by atoms with Crippen LogP contribution in [-0.2, 0) is 4.74 Å². The van der Waals surface area contributed by atoms with Gasteiger partial charge in [0.1, 0.15) is 0 Å². The van der Waals surface area contributed by atoms with Crippen molar-refractivity contribution in [3.63, 3.8) is 0 Å². The average Bonchev–Trinajstić information content (AvgIpc) is 2.29. The SMILES string of the molecule is c1cc(SCC2CCOCC2)ccn1. The molecule has 2 rings (SSSR count). The molecule has 76 valence electrons. The second kappa shape index (κ2) is 5.37. The summed E-state index contributed by atoms with van der Waals surface area (Å²) in [6.45, 7) is 1.89. The van der Waals surface area contributed by atoms with Crippen molar-refractivity contribution in [1.29, 1.82) is 0 Å². The van der Waals surface area contributed by atoms with Crippen molar-refractivity contribution in [3.05, 3.63) is 24.5 Å². The summed E-state index contributed by atoms with van der Waals surface area (Å²) < 4.78 is 5.33. The molecule has 1 aliphatic heterocycles. The maximum atomic E-state index is 5.33. The fourth-order valence-electron chi connectivity index (χ4n) is 1.56. The summed E-state index contributed by atoms with van der Waals surface area (Å²) in [4.78, 5) is 5.33. The summed E-state index contributed by atoms with van der Waals surface area (Å²) in [6.07, 6.45) is 6.15. The van der Waals surface area contributed by atoms with Gasteiger partial charge in [-0.3, -0.25) is 4.98 Å². The standard InChI is InChI=1S/C11H15NOS/c1-5-12-6-2-11(1)14-9-10-3-7-13-8-4-10/h1-2,5-6,10H,3-4,7-9H2. The van der Waals surface area contributed by atoms with E-state index in [1.54, 1.807) is 0 Å². The van der Waals surface area contributed by atoms with Crippen LogP contribution in [0.1, 0.15) is 12.8 Å². The van der Waals surface area contributed by atoms with Crippen molar-refractivity contribution < 1.29 is 4.74 Å². The van der Waals surface area contributed by atoms with E-state index in [9.17, 15) is 0 Å². The topological polar surface area (TPSA) is 22.1 Å². The third kappa shape index (κ3) is 3.00. The van der Waals surface area contributed by atoms with Crippen LogP contribution in [0.2, 0.25) is 0 Å². The Labute approximate surface area is 89.1 Å². The summed E-state index contributed by atoms with van der Waals surface area (Å²) in [5, 5.41) is 0. The Morgan fingerprint density at radius 3 is 2.71 bits per heavy atom. The Bertz CT molecular complexity index is 259. The molecule has 1 aromatic heterocycles. The van der Waals surface area contributed by atoms with Crippen LogP contribution in [0.5, 0.6) is 0 Å². The smallest absolute Gasteiger partial charge is 0.0468 e. The minimum atomic E-state index is 0.835. The zero-order chi connectivity index (χ0) is 9.64. The number of aromatic nitrogens is 1. The maximum absolute atomic E-state index is 5.33. The highest BCUT2D eigenvalue weighted by Gasteiger charge is 2.13. The van der Waals surface area contributed by atoms with Crippen LogP contribution in [0.4, 0.5) is 0 Å². The molecule has 1 saturated heterocycles. The van der Waals surface area contributed by atoms with Gasteiger partial charge in [0.15, 0.2) is 0 Å². The van der Waals surface area contributed by atoms with Gasteiger partial charge in [-0.25, -0.2) is 0 Å². The fraction of sp³-hybridized carbons (Fsp3) is 0.545. The van der Waals surface area contributed by atoms with Gasteiger partial charge in [0.25, 0.3) is 0 Å². The number of rotatable bonds is 3. The number of ether oxygens (including phenoxy) is 1. The van der Waals surface area contributed by atoms with E-state index in [0.717, 1.165) is 19.1 Å². The van der Waals surface area contributed by atoms with E-state index in [1.165, 1.54) is 23.5 Å². The molecule has 1 aliphatic rings. The van der Waals surface area contributed by atoms with Gasteiger partial charge in [0, 0.05) is 36.3 Å². The normalized spacial score (nSPS) is 18.3. The molecule has 2 heterocycles. The van der Waals surface area contributed by atoms with Crippen LogP contribution in [0.15, 0.2) is 29.4 Å². The predicted molar refractivity (Wildman–Crippen MR) is 58.5 cm³/mol. The molecule has 1 fully saturated rings. The number of hydrogen-bond acceptors (Lipinski definition) is 3. The lowest BCUT2D eigenvalue weighted by atomic mass is 10.0. The van der Waals surface area contributed by atoms with Crippen LogP contribution < -0.4 is 0 Å². The van der Waals surface area contributed by atoms with Gasteiger partial charge >= 0.3 is 0 Å². The van der Waals surface area contributed by atoms with Gasteiger partial charge in [-0.1, -0.05) is 0 Å². The highest BCUT2D eigenvalue weighted by molar-refractivity contribution is 7.99. The highest BCUT2D eigenvalue weighted by atomic mass is 32.2. The van der Waals surface area contributed by atoms with Gasteiger partial charge in [-0.15, -0.1) is 11.8 Å². The Balaban J connectivity index is 1.76. The molecule has 0 N–H and O–H groups in total. The largest absolute Gasteiger partial charge is 0.381 e.